The van der Waals surface area contributed by atoms with Crippen molar-refractivity contribution in [2.75, 3.05) is 11.9 Å². The standard InChI is InChI=1S/C15H23ClN2/c1-15(2)7-4-13(5-8-15)18(3)14-6-9-17-12(10-14)11-16/h6,9-10,13H,4-5,7-8,11H2,1-3H3. The fraction of sp³-hybridized carbons (Fsp3) is 0.667. The van der Waals surface area contributed by atoms with Crippen molar-refractivity contribution < 1.29 is 0 Å². The van der Waals surface area contributed by atoms with Crippen LogP contribution >= 0.6 is 11.6 Å². The summed E-state index contributed by atoms with van der Waals surface area (Å²) in [6.45, 7) is 4.75. The topological polar surface area (TPSA) is 16.1 Å². The lowest BCUT2D eigenvalue weighted by Gasteiger charge is -2.39. The van der Waals surface area contributed by atoms with Crippen LogP contribution in [0.4, 0.5) is 5.69 Å². The van der Waals surface area contributed by atoms with Crippen LogP contribution in [0.2, 0.25) is 0 Å². The maximum absolute atomic E-state index is 5.85. The van der Waals surface area contributed by atoms with Gasteiger partial charge in [0.2, 0.25) is 0 Å². The molecule has 2 rings (SSSR count). The first kappa shape index (κ1) is 13.7. The predicted molar refractivity (Wildman–Crippen MR) is 78.2 cm³/mol. The van der Waals surface area contributed by atoms with Gasteiger partial charge < -0.3 is 4.90 Å². The number of aromatic nitrogens is 1. The highest BCUT2D eigenvalue weighted by atomic mass is 35.5. The van der Waals surface area contributed by atoms with Gasteiger partial charge in [0.25, 0.3) is 0 Å². The Hall–Kier alpha value is -0.760. The molecule has 0 unspecified atom stereocenters. The van der Waals surface area contributed by atoms with Gasteiger partial charge in [-0.1, -0.05) is 13.8 Å². The van der Waals surface area contributed by atoms with Gasteiger partial charge in [-0.3, -0.25) is 4.98 Å². The fourth-order valence-electron chi connectivity index (χ4n) is 2.74. The third-order valence-electron chi connectivity index (χ3n) is 4.20. The van der Waals surface area contributed by atoms with Crippen LogP contribution in [0.5, 0.6) is 0 Å². The number of halogens is 1. The summed E-state index contributed by atoms with van der Waals surface area (Å²) in [5.41, 5.74) is 2.72. The van der Waals surface area contributed by atoms with Crippen molar-refractivity contribution >= 4 is 17.3 Å². The Labute approximate surface area is 115 Å². The zero-order valence-electron chi connectivity index (χ0n) is 11.6. The molecule has 1 aliphatic rings. The van der Waals surface area contributed by atoms with Gasteiger partial charge in [-0.2, -0.15) is 0 Å². The van der Waals surface area contributed by atoms with Crippen LogP contribution in [0.25, 0.3) is 0 Å². The number of anilines is 1. The summed E-state index contributed by atoms with van der Waals surface area (Å²) in [4.78, 5) is 6.65. The van der Waals surface area contributed by atoms with E-state index in [9.17, 15) is 0 Å². The Morgan fingerprint density at radius 2 is 2.06 bits per heavy atom. The van der Waals surface area contributed by atoms with Gasteiger partial charge in [-0.05, 0) is 43.2 Å². The second kappa shape index (κ2) is 5.48. The highest BCUT2D eigenvalue weighted by Crippen LogP contribution is 2.37. The van der Waals surface area contributed by atoms with E-state index < -0.39 is 0 Å². The number of pyridine rings is 1. The third kappa shape index (κ3) is 3.17. The Morgan fingerprint density at radius 1 is 1.39 bits per heavy atom. The lowest BCUT2D eigenvalue weighted by molar-refractivity contribution is 0.222. The van der Waals surface area contributed by atoms with E-state index in [0.29, 0.717) is 17.3 Å². The number of rotatable bonds is 3. The summed E-state index contributed by atoms with van der Waals surface area (Å²) in [5.74, 6) is 0.485. The minimum Gasteiger partial charge on any atom is -0.372 e. The summed E-state index contributed by atoms with van der Waals surface area (Å²) in [7, 11) is 2.19. The molecule has 1 aliphatic carbocycles. The molecule has 2 nitrogen and oxygen atoms in total. The first-order valence-corrected chi connectivity index (χ1v) is 7.29. The van der Waals surface area contributed by atoms with Crippen LogP contribution in [0.15, 0.2) is 18.3 Å². The van der Waals surface area contributed by atoms with E-state index >= 15 is 0 Å². The average Bonchev–Trinajstić information content (AvgIpc) is 2.38. The molecule has 0 saturated heterocycles. The molecule has 0 spiro atoms. The molecule has 3 heteroatoms. The molecule has 1 aromatic rings. The van der Waals surface area contributed by atoms with Crippen molar-refractivity contribution in [2.24, 2.45) is 5.41 Å². The summed E-state index contributed by atoms with van der Waals surface area (Å²) < 4.78 is 0. The zero-order valence-corrected chi connectivity index (χ0v) is 12.4. The van der Waals surface area contributed by atoms with Crippen LogP contribution in [0.1, 0.15) is 45.2 Å². The molecule has 1 heterocycles. The van der Waals surface area contributed by atoms with Gasteiger partial charge in [0.1, 0.15) is 0 Å². The number of nitrogens with zero attached hydrogens (tertiary/aromatic N) is 2. The number of hydrogen-bond donors (Lipinski definition) is 0. The van der Waals surface area contributed by atoms with E-state index in [1.54, 1.807) is 0 Å². The summed E-state index contributed by atoms with van der Waals surface area (Å²) >= 11 is 5.85. The van der Waals surface area contributed by atoms with E-state index in [1.165, 1.54) is 31.4 Å². The first-order valence-electron chi connectivity index (χ1n) is 6.75. The molecule has 18 heavy (non-hydrogen) atoms. The Balaban J connectivity index is 2.05. The maximum Gasteiger partial charge on any atom is 0.0648 e. The Kier molecular flexibility index (Phi) is 4.16. The Morgan fingerprint density at radius 3 is 2.67 bits per heavy atom. The van der Waals surface area contributed by atoms with Crippen molar-refractivity contribution in [1.82, 2.24) is 4.98 Å². The average molecular weight is 267 g/mol. The minimum atomic E-state index is 0.485. The van der Waals surface area contributed by atoms with Crippen molar-refractivity contribution in [1.29, 1.82) is 0 Å². The van der Waals surface area contributed by atoms with Gasteiger partial charge >= 0.3 is 0 Å². The summed E-state index contributed by atoms with van der Waals surface area (Å²) in [5, 5.41) is 0. The molecular formula is C15H23ClN2. The minimum absolute atomic E-state index is 0.485. The van der Waals surface area contributed by atoms with E-state index in [0.717, 1.165) is 5.69 Å². The Bertz CT molecular complexity index is 393. The molecule has 1 fully saturated rings. The predicted octanol–water partition coefficient (Wildman–Crippen LogP) is 4.23. The van der Waals surface area contributed by atoms with E-state index in [2.05, 4.69) is 42.9 Å². The van der Waals surface area contributed by atoms with Crippen molar-refractivity contribution in [3.8, 4) is 0 Å². The molecule has 0 N–H and O–H groups in total. The molecule has 0 bridgehead atoms. The van der Waals surface area contributed by atoms with Crippen LogP contribution in [0, 0.1) is 5.41 Å². The second-order valence-corrected chi connectivity index (χ2v) is 6.41. The molecule has 0 aliphatic heterocycles. The quantitative estimate of drug-likeness (QED) is 0.762. The molecule has 0 atom stereocenters. The smallest absolute Gasteiger partial charge is 0.0648 e. The normalized spacial score (nSPS) is 19.8. The van der Waals surface area contributed by atoms with Gasteiger partial charge in [-0.25, -0.2) is 0 Å². The second-order valence-electron chi connectivity index (χ2n) is 6.15. The molecule has 0 aromatic carbocycles. The van der Waals surface area contributed by atoms with Crippen molar-refractivity contribution in [3.05, 3.63) is 24.0 Å². The fourth-order valence-corrected chi connectivity index (χ4v) is 2.89. The summed E-state index contributed by atoms with van der Waals surface area (Å²) in [6.07, 6.45) is 7.05. The van der Waals surface area contributed by atoms with Gasteiger partial charge in [-0.15, -0.1) is 11.6 Å². The van der Waals surface area contributed by atoms with Gasteiger partial charge in [0, 0.05) is 25.0 Å². The van der Waals surface area contributed by atoms with Crippen LogP contribution < -0.4 is 4.90 Å². The highest BCUT2D eigenvalue weighted by molar-refractivity contribution is 6.16. The van der Waals surface area contributed by atoms with Crippen molar-refractivity contribution in [2.45, 2.75) is 51.5 Å². The summed E-state index contributed by atoms with van der Waals surface area (Å²) in [6, 6.07) is 4.84. The highest BCUT2D eigenvalue weighted by Gasteiger charge is 2.28. The molecule has 0 radical (unpaired) electrons. The lowest BCUT2D eigenvalue weighted by Crippen LogP contribution is -2.37. The van der Waals surface area contributed by atoms with E-state index in [4.69, 9.17) is 11.6 Å². The molecule has 1 saturated carbocycles. The number of hydrogen-bond acceptors (Lipinski definition) is 2. The van der Waals surface area contributed by atoms with Crippen molar-refractivity contribution in [3.63, 3.8) is 0 Å². The molecule has 0 amide bonds. The van der Waals surface area contributed by atoms with Crippen LogP contribution in [-0.4, -0.2) is 18.1 Å². The number of alkyl halides is 1. The lowest BCUT2D eigenvalue weighted by atomic mass is 9.75. The SMILES string of the molecule is CN(c1ccnc(CCl)c1)C1CCC(C)(C)CC1. The van der Waals surface area contributed by atoms with E-state index in [1.807, 2.05) is 6.20 Å². The van der Waals surface area contributed by atoms with Gasteiger partial charge in [0.15, 0.2) is 0 Å². The first-order chi connectivity index (χ1) is 8.52. The van der Waals surface area contributed by atoms with Crippen LogP contribution in [-0.2, 0) is 5.88 Å². The monoisotopic (exact) mass is 266 g/mol. The molecular weight excluding hydrogens is 244 g/mol. The molecule has 100 valence electrons. The van der Waals surface area contributed by atoms with Gasteiger partial charge in [0.05, 0.1) is 11.6 Å². The van der Waals surface area contributed by atoms with Crippen LogP contribution in [0.3, 0.4) is 0 Å². The zero-order chi connectivity index (χ0) is 13.2. The largest absolute Gasteiger partial charge is 0.372 e. The molecule has 1 aromatic heterocycles. The van der Waals surface area contributed by atoms with E-state index in [-0.39, 0.29) is 0 Å². The maximum atomic E-state index is 5.85. The third-order valence-corrected chi connectivity index (χ3v) is 4.47.